The lowest BCUT2D eigenvalue weighted by Crippen LogP contribution is -2.17. The van der Waals surface area contributed by atoms with Crippen molar-refractivity contribution in [3.05, 3.63) is 48.7 Å². The van der Waals surface area contributed by atoms with E-state index in [4.69, 9.17) is 0 Å². The van der Waals surface area contributed by atoms with Crippen LogP contribution in [0.4, 0.5) is 13.2 Å². The average Bonchev–Trinajstić information content (AvgIpc) is 2.97. The Morgan fingerprint density at radius 3 is 2.41 bits per heavy atom. The Balaban J connectivity index is 1.82. The molecule has 0 atom stereocenters. The number of nitrogens with zero attached hydrogens (tertiary/aromatic N) is 5. The van der Waals surface area contributed by atoms with Crippen LogP contribution in [0.15, 0.2) is 48.7 Å². The van der Waals surface area contributed by atoms with Crippen molar-refractivity contribution in [2.45, 2.75) is 6.36 Å². The molecule has 3 rings (SSSR count). The Labute approximate surface area is 122 Å². The fourth-order valence-electron chi connectivity index (χ4n) is 1.70. The van der Waals surface area contributed by atoms with Crippen LogP contribution in [0.2, 0.25) is 0 Å². The highest BCUT2D eigenvalue weighted by molar-refractivity contribution is 5.47. The van der Waals surface area contributed by atoms with E-state index in [0.29, 0.717) is 17.2 Å². The molecule has 0 saturated carbocycles. The summed E-state index contributed by atoms with van der Waals surface area (Å²) >= 11 is 0. The van der Waals surface area contributed by atoms with Gasteiger partial charge in [-0.2, -0.15) is 0 Å². The van der Waals surface area contributed by atoms with Crippen molar-refractivity contribution in [1.82, 2.24) is 25.2 Å². The number of hydrogen-bond acceptors (Lipinski definition) is 5. The summed E-state index contributed by atoms with van der Waals surface area (Å²) < 4.78 is 40.1. The molecule has 6 nitrogen and oxygen atoms in total. The van der Waals surface area contributed by atoms with E-state index in [2.05, 4.69) is 25.1 Å². The number of aromatic nitrogens is 5. The third-order valence-electron chi connectivity index (χ3n) is 2.61. The molecule has 0 fully saturated rings. The zero-order valence-electron chi connectivity index (χ0n) is 10.9. The molecular weight excluding hydrogens is 299 g/mol. The lowest BCUT2D eigenvalue weighted by Gasteiger charge is -2.08. The Kier molecular flexibility index (Phi) is 3.45. The average molecular weight is 307 g/mol. The molecule has 0 unspecified atom stereocenters. The van der Waals surface area contributed by atoms with Crippen molar-refractivity contribution in [3.8, 4) is 23.0 Å². The number of tetrazole rings is 1. The Bertz CT molecular complexity index is 755. The molecule has 2 heterocycles. The van der Waals surface area contributed by atoms with Gasteiger partial charge in [-0.25, -0.2) is 0 Å². The minimum Gasteiger partial charge on any atom is -0.406 e. The van der Waals surface area contributed by atoms with Crippen molar-refractivity contribution in [1.29, 1.82) is 0 Å². The first-order valence-corrected chi connectivity index (χ1v) is 6.09. The van der Waals surface area contributed by atoms with Crippen LogP contribution in [0, 0.1) is 0 Å². The largest absolute Gasteiger partial charge is 0.573 e. The second kappa shape index (κ2) is 5.43. The Morgan fingerprint density at radius 2 is 1.77 bits per heavy atom. The molecule has 0 spiro atoms. The molecule has 2 aromatic heterocycles. The van der Waals surface area contributed by atoms with Crippen LogP contribution >= 0.6 is 0 Å². The van der Waals surface area contributed by atoms with Gasteiger partial charge in [0.1, 0.15) is 11.4 Å². The zero-order chi connectivity index (χ0) is 15.6. The summed E-state index contributed by atoms with van der Waals surface area (Å²) in [5.41, 5.74) is 0.995. The van der Waals surface area contributed by atoms with Crippen molar-refractivity contribution in [2.24, 2.45) is 0 Å². The Morgan fingerprint density at radius 1 is 1.00 bits per heavy atom. The summed E-state index contributed by atoms with van der Waals surface area (Å²) in [6.07, 6.45) is -3.13. The van der Waals surface area contributed by atoms with E-state index in [1.165, 1.54) is 29.1 Å². The Hall–Kier alpha value is -2.97. The third kappa shape index (κ3) is 3.19. The molecule has 3 aromatic rings. The van der Waals surface area contributed by atoms with Gasteiger partial charge in [0.05, 0.1) is 5.69 Å². The SMILES string of the molecule is FC(F)(F)Oc1ccc(-n2nnc(-c3ccccn3)n2)cc1. The predicted molar refractivity (Wildman–Crippen MR) is 69.1 cm³/mol. The highest BCUT2D eigenvalue weighted by Gasteiger charge is 2.31. The van der Waals surface area contributed by atoms with Crippen LogP contribution in [-0.2, 0) is 0 Å². The maximum atomic E-state index is 12.1. The lowest BCUT2D eigenvalue weighted by molar-refractivity contribution is -0.274. The molecule has 22 heavy (non-hydrogen) atoms. The second-order valence-corrected chi connectivity index (χ2v) is 4.16. The summed E-state index contributed by atoms with van der Waals surface area (Å²) in [5.74, 6) is -0.00228. The molecular formula is C13H8F3N5O. The van der Waals surface area contributed by atoms with Crippen molar-refractivity contribution in [3.63, 3.8) is 0 Å². The van der Waals surface area contributed by atoms with Gasteiger partial charge in [-0.15, -0.1) is 28.2 Å². The molecule has 0 aliphatic rings. The topological polar surface area (TPSA) is 65.7 Å². The van der Waals surface area contributed by atoms with Gasteiger partial charge in [-0.05, 0) is 41.6 Å². The van der Waals surface area contributed by atoms with Crippen molar-refractivity contribution < 1.29 is 17.9 Å². The molecule has 9 heteroatoms. The highest BCUT2D eigenvalue weighted by atomic mass is 19.4. The monoisotopic (exact) mass is 307 g/mol. The van der Waals surface area contributed by atoms with Gasteiger partial charge in [-0.3, -0.25) is 4.98 Å². The van der Waals surface area contributed by atoms with Crippen LogP contribution in [0.25, 0.3) is 17.2 Å². The number of alkyl halides is 3. The summed E-state index contributed by atoms with van der Waals surface area (Å²) in [7, 11) is 0. The molecule has 1 aromatic carbocycles. The van der Waals surface area contributed by atoms with E-state index >= 15 is 0 Å². The van der Waals surface area contributed by atoms with E-state index in [-0.39, 0.29) is 5.75 Å². The maximum absolute atomic E-state index is 12.1. The van der Waals surface area contributed by atoms with Gasteiger partial charge in [0.2, 0.25) is 5.82 Å². The van der Waals surface area contributed by atoms with Crippen LogP contribution in [0.1, 0.15) is 0 Å². The van der Waals surface area contributed by atoms with Crippen molar-refractivity contribution in [2.75, 3.05) is 0 Å². The minimum atomic E-state index is -4.72. The normalized spacial score (nSPS) is 11.4. The molecule has 0 aliphatic carbocycles. The highest BCUT2D eigenvalue weighted by Crippen LogP contribution is 2.23. The van der Waals surface area contributed by atoms with E-state index in [0.717, 1.165) is 0 Å². The molecule has 0 radical (unpaired) electrons. The van der Waals surface area contributed by atoms with Gasteiger partial charge >= 0.3 is 6.36 Å². The second-order valence-electron chi connectivity index (χ2n) is 4.16. The molecule has 0 bridgehead atoms. The fraction of sp³-hybridized carbons (Fsp3) is 0.0769. The van der Waals surface area contributed by atoms with Crippen LogP contribution in [0.5, 0.6) is 5.75 Å². The first kappa shape index (κ1) is 14.0. The number of pyridine rings is 1. The van der Waals surface area contributed by atoms with Gasteiger partial charge in [0.15, 0.2) is 0 Å². The van der Waals surface area contributed by atoms with Crippen LogP contribution in [0.3, 0.4) is 0 Å². The number of rotatable bonds is 3. The molecule has 0 saturated heterocycles. The lowest BCUT2D eigenvalue weighted by atomic mass is 10.3. The molecule has 0 aliphatic heterocycles. The van der Waals surface area contributed by atoms with E-state index in [1.54, 1.807) is 24.4 Å². The third-order valence-corrected chi connectivity index (χ3v) is 2.61. The first-order chi connectivity index (χ1) is 10.5. The minimum absolute atomic E-state index is 0.316. The van der Waals surface area contributed by atoms with E-state index in [9.17, 15) is 13.2 Å². The standard InChI is InChI=1S/C13H8F3N5O/c14-13(15,16)22-10-6-4-9(5-7-10)21-19-12(18-20-21)11-3-1-2-8-17-11/h1-8H. The van der Waals surface area contributed by atoms with E-state index in [1.807, 2.05) is 0 Å². The number of hydrogen-bond donors (Lipinski definition) is 0. The van der Waals surface area contributed by atoms with Crippen LogP contribution < -0.4 is 4.74 Å². The molecule has 0 N–H and O–H groups in total. The van der Waals surface area contributed by atoms with Crippen molar-refractivity contribution >= 4 is 0 Å². The quantitative estimate of drug-likeness (QED) is 0.744. The summed E-state index contributed by atoms with van der Waals surface area (Å²) in [4.78, 5) is 5.28. The number of ether oxygens (including phenoxy) is 1. The summed E-state index contributed by atoms with van der Waals surface area (Å²) in [6.45, 7) is 0. The van der Waals surface area contributed by atoms with Gasteiger partial charge < -0.3 is 4.74 Å². The van der Waals surface area contributed by atoms with Gasteiger partial charge in [-0.1, -0.05) is 6.07 Å². The summed E-state index contributed by atoms with van der Waals surface area (Å²) in [5, 5.41) is 11.8. The number of halogens is 3. The van der Waals surface area contributed by atoms with Gasteiger partial charge in [0.25, 0.3) is 0 Å². The molecule has 112 valence electrons. The maximum Gasteiger partial charge on any atom is 0.573 e. The van der Waals surface area contributed by atoms with E-state index < -0.39 is 6.36 Å². The molecule has 0 amide bonds. The zero-order valence-corrected chi connectivity index (χ0v) is 10.9. The summed E-state index contributed by atoms with van der Waals surface area (Å²) in [6, 6.07) is 10.4. The van der Waals surface area contributed by atoms with Crippen LogP contribution in [-0.4, -0.2) is 31.6 Å². The number of benzene rings is 1. The predicted octanol–water partition coefficient (Wildman–Crippen LogP) is 2.62. The smallest absolute Gasteiger partial charge is 0.406 e. The fourth-order valence-corrected chi connectivity index (χ4v) is 1.70. The first-order valence-electron chi connectivity index (χ1n) is 6.09. The van der Waals surface area contributed by atoms with Gasteiger partial charge in [0, 0.05) is 6.20 Å².